The maximum atomic E-state index is 11.2. The molecule has 0 bridgehead atoms. The number of aliphatic carboxylic acids is 1. The van der Waals surface area contributed by atoms with Crippen LogP contribution in [0, 0.1) is 0 Å². The monoisotopic (exact) mass is 475 g/mol. The average Bonchev–Trinajstić information content (AvgIpc) is 3.24. The van der Waals surface area contributed by atoms with Crippen molar-refractivity contribution in [3.63, 3.8) is 0 Å². The Kier molecular flexibility index (Phi) is 7.50. The molecule has 2 aromatic heterocycles. The SMILES string of the molecule is COc1cccc(CC(=O)O)c1OCCCc1cc(Oc2ccc3ccccc3n2)nn1C(C)C. The lowest BCUT2D eigenvalue weighted by Gasteiger charge is -2.15. The van der Waals surface area contributed by atoms with Crippen molar-refractivity contribution in [1.29, 1.82) is 0 Å². The van der Waals surface area contributed by atoms with E-state index in [1.54, 1.807) is 25.3 Å². The molecule has 0 aliphatic rings. The molecular formula is C27H29N3O5. The van der Waals surface area contributed by atoms with Crippen LogP contribution >= 0.6 is 0 Å². The van der Waals surface area contributed by atoms with Crippen molar-refractivity contribution >= 4 is 16.9 Å². The van der Waals surface area contributed by atoms with E-state index in [1.807, 2.05) is 47.1 Å². The molecule has 4 rings (SSSR count). The number of carboxylic acid groups (broad SMARTS) is 1. The molecular weight excluding hydrogens is 446 g/mol. The zero-order valence-corrected chi connectivity index (χ0v) is 20.1. The molecule has 35 heavy (non-hydrogen) atoms. The number of hydrogen-bond acceptors (Lipinski definition) is 6. The fourth-order valence-electron chi connectivity index (χ4n) is 3.92. The average molecular weight is 476 g/mol. The predicted octanol–water partition coefficient (Wildman–Crippen LogP) is 5.45. The Labute approximate surface area is 204 Å². The van der Waals surface area contributed by atoms with Crippen LogP contribution in [-0.2, 0) is 17.6 Å². The molecule has 0 saturated heterocycles. The van der Waals surface area contributed by atoms with Crippen LogP contribution in [0.4, 0.5) is 0 Å². The Hall–Kier alpha value is -4.07. The number of ether oxygens (including phenoxy) is 3. The molecule has 0 unspecified atom stereocenters. The summed E-state index contributed by atoms with van der Waals surface area (Å²) in [5, 5.41) is 14.9. The van der Waals surface area contributed by atoms with Crippen molar-refractivity contribution in [2.75, 3.05) is 13.7 Å². The lowest BCUT2D eigenvalue weighted by atomic mass is 10.1. The molecule has 4 aromatic rings. The zero-order chi connectivity index (χ0) is 24.8. The van der Waals surface area contributed by atoms with E-state index in [2.05, 4.69) is 23.9 Å². The molecule has 8 nitrogen and oxygen atoms in total. The van der Waals surface area contributed by atoms with Crippen LogP contribution < -0.4 is 14.2 Å². The van der Waals surface area contributed by atoms with E-state index in [4.69, 9.17) is 14.2 Å². The fraction of sp³-hybridized carbons (Fsp3) is 0.296. The van der Waals surface area contributed by atoms with Crippen molar-refractivity contribution < 1.29 is 24.1 Å². The van der Waals surface area contributed by atoms with Crippen LogP contribution in [0.5, 0.6) is 23.3 Å². The molecule has 2 aromatic carbocycles. The van der Waals surface area contributed by atoms with Gasteiger partial charge in [0.1, 0.15) is 0 Å². The van der Waals surface area contributed by atoms with Crippen molar-refractivity contribution in [2.45, 2.75) is 39.2 Å². The molecule has 0 saturated carbocycles. The van der Waals surface area contributed by atoms with Gasteiger partial charge in [-0.25, -0.2) is 4.98 Å². The van der Waals surface area contributed by atoms with E-state index in [9.17, 15) is 9.90 Å². The highest BCUT2D eigenvalue weighted by atomic mass is 16.5. The first-order valence-corrected chi connectivity index (χ1v) is 11.6. The first-order valence-electron chi connectivity index (χ1n) is 11.6. The second-order valence-corrected chi connectivity index (χ2v) is 8.43. The number of carbonyl (C=O) groups is 1. The minimum absolute atomic E-state index is 0.129. The Morgan fingerprint density at radius 2 is 1.89 bits per heavy atom. The minimum atomic E-state index is -0.919. The van der Waals surface area contributed by atoms with Crippen LogP contribution in [0.3, 0.4) is 0 Å². The summed E-state index contributed by atoms with van der Waals surface area (Å²) in [7, 11) is 1.54. The number of fused-ring (bicyclic) bond motifs is 1. The zero-order valence-electron chi connectivity index (χ0n) is 20.1. The van der Waals surface area contributed by atoms with Gasteiger partial charge in [0.15, 0.2) is 11.5 Å². The van der Waals surface area contributed by atoms with Crippen LogP contribution in [0.1, 0.15) is 37.6 Å². The number of benzene rings is 2. The summed E-state index contributed by atoms with van der Waals surface area (Å²) in [5.41, 5.74) is 2.47. The Bertz CT molecular complexity index is 1320. The molecule has 0 atom stereocenters. The first-order chi connectivity index (χ1) is 16.9. The van der Waals surface area contributed by atoms with Gasteiger partial charge >= 0.3 is 5.97 Å². The summed E-state index contributed by atoms with van der Waals surface area (Å²) in [6.07, 6.45) is 1.29. The van der Waals surface area contributed by atoms with Crippen molar-refractivity contribution in [3.8, 4) is 23.3 Å². The number of nitrogens with zero attached hydrogens (tertiary/aromatic N) is 3. The number of para-hydroxylation sites is 2. The van der Waals surface area contributed by atoms with Gasteiger partial charge in [-0.1, -0.05) is 30.3 Å². The lowest BCUT2D eigenvalue weighted by molar-refractivity contribution is -0.136. The fourth-order valence-corrected chi connectivity index (χ4v) is 3.92. The van der Waals surface area contributed by atoms with E-state index in [1.165, 1.54) is 0 Å². The predicted molar refractivity (Wildman–Crippen MR) is 133 cm³/mol. The normalized spacial score (nSPS) is 11.1. The van der Waals surface area contributed by atoms with Gasteiger partial charge in [-0.2, -0.15) is 0 Å². The highest BCUT2D eigenvalue weighted by Crippen LogP contribution is 2.32. The second-order valence-electron chi connectivity index (χ2n) is 8.43. The van der Waals surface area contributed by atoms with Crippen LogP contribution in [0.2, 0.25) is 0 Å². The number of hydrogen-bond donors (Lipinski definition) is 1. The van der Waals surface area contributed by atoms with Gasteiger partial charge in [0.05, 0.1) is 25.7 Å². The van der Waals surface area contributed by atoms with Crippen molar-refractivity contribution in [3.05, 3.63) is 71.9 Å². The molecule has 0 radical (unpaired) electrons. The van der Waals surface area contributed by atoms with E-state index in [0.717, 1.165) is 16.6 Å². The third-order valence-corrected chi connectivity index (χ3v) is 5.51. The standard InChI is InChI=1S/C27H29N3O5/c1-18(2)30-21(10-7-15-34-27-20(16-26(31)32)9-6-12-23(27)33-3)17-25(29-30)35-24-14-13-19-8-4-5-11-22(19)28-24/h4-6,8-9,11-14,17-18H,7,10,15-16H2,1-3H3,(H,31,32). The van der Waals surface area contributed by atoms with Gasteiger partial charge < -0.3 is 19.3 Å². The third-order valence-electron chi connectivity index (χ3n) is 5.51. The molecule has 0 aliphatic heterocycles. The molecule has 0 fully saturated rings. The lowest BCUT2D eigenvalue weighted by Crippen LogP contribution is -2.10. The maximum absolute atomic E-state index is 11.2. The smallest absolute Gasteiger partial charge is 0.307 e. The van der Waals surface area contributed by atoms with Gasteiger partial charge in [-0.3, -0.25) is 9.48 Å². The van der Waals surface area contributed by atoms with E-state index in [-0.39, 0.29) is 12.5 Å². The van der Waals surface area contributed by atoms with Crippen molar-refractivity contribution in [2.24, 2.45) is 0 Å². The maximum Gasteiger partial charge on any atom is 0.307 e. The van der Waals surface area contributed by atoms with Gasteiger partial charge in [-0.15, -0.1) is 5.10 Å². The van der Waals surface area contributed by atoms with Crippen LogP contribution in [0.15, 0.2) is 60.7 Å². The molecule has 0 spiro atoms. The summed E-state index contributed by atoms with van der Waals surface area (Å²) >= 11 is 0. The minimum Gasteiger partial charge on any atom is -0.493 e. The van der Waals surface area contributed by atoms with Gasteiger partial charge in [0.2, 0.25) is 11.8 Å². The number of aromatic nitrogens is 3. The summed E-state index contributed by atoms with van der Waals surface area (Å²) in [6, 6.07) is 19.0. The largest absolute Gasteiger partial charge is 0.493 e. The molecule has 2 heterocycles. The van der Waals surface area contributed by atoms with Gasteiger partial charge in [0, 0.05) is 34.8 Å². The second kappa shape index (κ2) is 10.9. The highest BCUT2D eigenvalue weighted by molar-refractivity contribution is 5.78. The van der Waals surface area contributed by atoms with Crippen LogP contribution in [-0.4, -0.2) is 39.6 Å². The number of methoxy groups -OCH3 is 1. The molecule has 1 N–H and O–H groups in total. The Morgan fingerprint density at radius 1 is 1.06 bits per heavy atom. The summed E-state index contributed by atoms with van der Waals surface area (Å²) in [5.74, 6) is 1.06. The number of pyridine rings is 1. The van der Waals surface area contributed by atoms with Crippen LogP contribution in [0.25, 0.3) is 10.9 Å². The molecule has 0 amide bonds. The quantitative estimate of drug-likeness (QED) is 0.288. The third kappa shape index (κ3) is 5.90. The first kappa shape index (κ1) is 24.1. The Balaban J connectivity index is 1.43. The van der Waals surface area contributed by atoms with Gasteiger partial charge in [-0.05, 0) is 44.9 Å². The molecule has 182 valence electrons. The summed E-state index contributed by atoms with van der Waals surface area (Å²) in [6.45, 7) is 4.54. The van der Waals surface area contributed by atoms with E-state index < -0.39 is 5.97 Å². The number of aryl methyl sites for hydroxylation is 1. The number of carboxylic acids is 1. The number of rotatable bonds is 11. The van der Waals surface area contributed by atoms with Gasteiger partial charge in [0.25, 0.3) is 0 Å². The molecule has 8 heteroatoms. The Morgan fingerprint density at radius 3 is 2.66 bits per heavy atom. The summed E-state index contributed by atoms with van der Waals surface area (Å²) in [4.78, 5) is 15.8. The summed E-state index contributed by atoms with van der Waals surface area (Å²) < 4.78 is 19.2. The van der Waals surface area contributed by atoms with Crippen molar-refractivity contribution in [1.82, 2.24) is 14.8 Å². The van der Waals surface area contributed by atoms with E-state index >= 15 is 0 Å². The molecule has 0 aliphatic carbocycles. The highest BCUT2D eigenvalue weighted by Gasteiger charge is 2.15. The topological polar surface area (TPSA) is 95.7 Å². The van der Waals surface area contributed by atoms with E-state index in [0.29, 0.717) is 48.3 Å².